The Morgan fingerprint density at radius 3 is 2.39 bits per heavy atom. The van der Waals surface area contributed by atoms with E-state index in [4.69, 9.17) is 4.74 Å². The number of carbonyl (C=O) groups is 4. The zero-order valence-corrected chi connectivity index (χ0v) is 22.0. The number of amides is 3. The SMILES string of the molecule is O=CCC[C@@H](C(=O)N1CCN(C2CCCCC2)CC1)N1C(=O)[C@@H](N2CCOC2=O)C1/C=C/c1ccccc1. The largest absolute Gasteiger partial charge is 0.448 e. The Labute approximate surface area is 224 Å². The fourth-order valence-electron chi connectivity index (χ4n) is 6.40. The Morgan fingerprint density at radius 2 is 1.74 bits per heavy atom. The summed E-state index contributed by atoms with van der Waals surface area (Å²) in [5.41, 5.74) is 0.962. The first kappa shape index (κ1) is 26.4. The Morgan fingerprint density at radius 1 is 1.00 bits per heavy atom. The summed E-state index contributed by atoms with van der Waals surface area (Å²) in [5.74, 6) is -0.374. The lowest BCUT2D eigenvalue weighted by Gasteiger charge is -2.52. The van der Waals surface area contributed by atoms with Crippen LogP contribution in [0.2, 0.25) is 0 Å². The average molecular weight is 523 g/mol. The molecule has 5 rings (SSSR count). The van der Waals surface area contributed by atoms with Gasteiger partial charge in [-0.1, -0.05) is 61.7 Å². The maximum absolute atomic E-state index is 13.8. The third kappa shape index (κ3) is 5.48. The Bertz CT molecular complexity index is 1030. The van der Waals surface area contributed by atoms with Crippen molar-refractivity contribution in [3.8, 4) is 0 Å². The highest BCUT2D eigenvalue weighted by Gasteiger charge is 2.56. The molecule has 0 N–H and O–H groups in total. The van der Waals surface area contributed by atoms with E-state index in [0.717, 1.165) is 24.9 Å². The highest BCUT2D eigenvalue weighted by atomic mass is 16.6. The number of hydrogen-bond donors (Lipinski definition) is 0. The van der Waals surface area contributed by atoms with Gasteiger partial charge < -0.3 is 19.3 Å². The number of cyclic esters (lactones) is 1. The predicted molar refractivity (Wildman–Crippen MR) is 142 cm³/mol. The van der Waals surface area contributed by atoms with Crippen molar-refractivity contribution < 1.29 is 23.9 Å². The first-order valence-electron chi connectivity index (χ1n) is 14.0. The van der Waals surface area contributed by atoms with Crippen molar-refractivity contribution >= 4 is 30.3 Å². The van der Waals surface area contributed by atoms with Crippen molar-refractivity contribution in [3.05, 3.63) is 42.0 Å². The number of β-lactam (4-membered cyclic amide) rings is 1. The van der Waals surface area contributed by atoms with Crippen LogP contribution in [0.25, 0.3) is 6.08 Å². The second-order valence-corrected chi connectivity index (χ2v) is 10.7. The second kappa shape index (κ2) is 12.1. The normalized spacial score (nSPS) is 25.9. The highest BCUT2D eigenvalue weighted by Crippen LogP contribution is 2.33. The van der Waals surface area contributed by atoms with Gasteiger partial charge in [0.15, 0.2) is 0 Å². The van der Waals surface area contributed by atoms with E-state index in [9.17, 15) is 19.2 Å². The zero-order chi connectivity index (χ0) is 26.5. The lowest BCUT2D eigenvalue weighted by molar-refractivity contribution is -0.165. The molecule has 4 aliphatic rings. The number of piperazine rings is 1. The van der Waals surface area contributed by atoms with Crippen molar-refractivity contribution in [1.29, 1.82) is 0 Å². The summed E-state index contributed by atoms with van der Waals surface area (Å²) in [6, 6.07) is 8.40. The average Bonchev–Trinajstić information content (AvgIpc) is 3.38. The molecule has 0 aromatic heterocycles. The zero-order valence-electron chi connectivity index (χ0n) is 22.0. The molecule has 204 valence electrons. The van der Waals surface area contributed by atoms with E-state index in [1.807, 2.05) is 47.4 Å². The molecule has 3 atom stereocenters. The first-order chi connectivity index (χ1) is 18.6. The summed E-state index contributed by atoms with van der Waals surface area (Å²) in [6.07, 6.45) is 10.9. The fraction of sp³-hybridized carbons (Fsp3) is 0.586. The molecule has 1 aliphatic carbocycles. The van der Waals surface area contributed by atoms with Crippen LogP contribution in [0.1, 0.15) is 50.5 Å². The lowest BCUT2D eigenvalue weighted by Crippen LogP contribution is -2.74. The third-order valence-corrected chi connectivity index (χ3v) is 8.46. The van der Waals surface area contributed by atoms with Gasteiger partial charge in [-0.05, 0) is 24.8 Å². The summed E-state index contributed by atoms with van der Waals surface area (Å²) in [4.78, 5) is 58.5. The van der Waals surface area contributed by atoms with E-state index in [2.05, 4.69) is 4.90 Å². The Hall–Kier alpha value is -3.20. The second-order valence-electron chi connectivity index (χ2n) is 10.7. The summed E-state index contributed by atoms with van der Waals surface area (Å²) >= 11 is 0. The monoisotopic (exact) mass is 522 g/mol. The molecule has 9 heteroatoms. The van der Waals surface area contributed by atoms with E-state index in [-0.39, 0.29) is 31.3 Å². The minimum absolute atomic E-state index is 0.107. The van der Waals surface area contributed by atoms with Crippen molar-refractivity contribution in [2.75, 3.05) is 39.3 Å². The maximum atomic E-state index is 13.8. The van der Waals surface area contributed by atoms with Crippen LogP contribution in [0.5, 0.6) is 0 Å². The van der Waals surface area contributed by atoms with E-state index in [0.29, 0.717) is 25.7 Å². The van der Waals surface area contributed by atoms with Gasteiger partial charge in [0.05, 0.1) is 12.6 Å². The van der Waals surface area contributed by atoms with Crippen LogP contribution in [0.3, 0.4) is 0 Å². The van der Waals surface area contributed by atoms with Crippen LogP contribution in [-0.4, -0.2) is 107 Å². The van der Waals surface area contributed by atoms with Crippen LogP contribution in [0, 0.1) is 0 Å². The quantitative estimate of drug-likeness (QED) is 0.366. The Balaban J connectivity index is 1.33. The molecule has 9 nitrogen and oxygen atoms in total. The minimum Gasteiger partial charge on any atom is -0.448 e. The standard InChI is InChI=1S/C29H38N4O5/c34-20-7-12-25(27(35)31-17-15-30(16-18-31)23-10-5-2-6-11-23)33-24(14-13-22-8-3-1-4-9-22)26(28(33)36)32-19-21-38-29(32)37/h1,3-4,8-9,13-14,20,23-26H,2,5-7,10-12,15-19,21H2/b14-13+/t24?,25-,26-/m0/s1. The number of ether oxygens (including phenoxy) is 1. The van der Waals surface area contributed by atoms with Crippen molar-refractivity contribution in [2.45, 2.75) is 69.1 Å². The number of benzene rings is 1. The third-order valence-electron chi connectivity index (χ3n) is 8.46. The van der Waals surface area contributed by atoms with Crippen molar-refractivity contribution in [3.63, 3.8) is 0 Å². The van der Waals surface area contributed by atoms with Gasteiger partial charge in [-0.2, -0.15) is 0 Å². The molecule has 38 heavy (non-hydrogen) atoms. The van der Waals surface area contributed by atoms with E-state index in [1.165, 1.54) is 37.0 Å². The van der Waals surface area contributed by atoms with Gasteiger partial charge >= 0.3 is 6.09 Å². The van der Waals surface area contributed by atoms with Gasteiger partial charge in [-0.3, -0.25) is 19.4 Å². The fourth-order valence-corrected chi connectivity index (χ4v) is 6.40. The van der Waals surface area contributed by atoms with E-state index >= 15 is 0 Å². The van der Waals surface area contributed by atoms with Crippen LogP contribution in [0.15, 0.2) is 36.4 Å². The van der Waals surface area contributed by atoms with Crippen molar-refractivity contribution in [1.82, 2.24) is 19.6 Å². The summed E-state index contributed by atoms with van der Waals surface area (Å²) in [7, 11) is 0. The molecule has 3 aliphatic heterocycles. The molecule has 0 radical (unpaired) electrons. The summed E-state index contributed by atoms with van der Waals surface area (Å²) in [6.45, 7) is 3.52. The number of aldehydes is 1. The van der Waals surface area contributed by atoms with Crippen LogP contribution < -0.4 is 0 Å². The molecular formula is C29H38N4O5. The lowest BCUT2D eigenvalue weighted by atomic mass is 9.88. The maximum Gasteiger partial charge on any atom is 0.410 e. The minimum atomic E-state index is -0.741. The first-order valence-corrected chi connectivity index (χ1v) is 14.0. The number of rotatable bonds is 9. The summed E-state index contributed by atoms with van der Waals surface area (Å²) in [5, 5.41) is 0. The molecule has 0 bridgehead atoms. The molecule has 3 heterocycles. The molecule has 3 amide bonds. The van der Waals surface area contributed by atoms with Crippen LogP contribution in [0.4, 0.5) is 4.79 Å². The number of nitrogens with zero attached hydrogens (tertiary/aromatic N) is 4. The smallest absolute Gasteiger partial charge is 0.410 e. The van der Waals surface area contributed by atoms with Gasteiger partial charge in [-0.25, -0.2) is 4.79 Å². The molecule has 1 saturated carbocycles. The van der Waals surface area contributed by atoms with Crippen LogP contribution in [-0.2, 0) is 19.1 Å². The number of likely N-dealkylation sites (tertiary alicyclic amines) is 1. The van der Waals surface area contributed by atoms with E-state index < -0.39 is 24.2 Å². The van der Waals surface area contributed by atoms with Gasteiger partial charge in [0.1, 0.15) is 25.0 Å². The van der Waals surface area contributed by atoms with Crippen LogP contribution >= 0.6 is 0 Å². The van der Waals surface area contributed by atoms with Crippen molar-refractivity contribution in [2.24, 2.45) is 0 Å². The molecule has 0 spiro atoms. The predicted octanol–water partition coefficient (Wildman–Crippen LogP) is 2.56. The number of carbonyl (C=O) groups excluding carboxylic acids is 4. The molecule has 1 aromatic carbocycles. The van der Waals surface area contributed by atoms with Gasteiger partial charge in [0.2, 0.25) is 11.8 Å². The molecular weight excluding hydrogens is 484 g/mol. The van der Waals surface area contributed by atoms with Gasteiger partial charge in [-0.15, -0.1) is 0 Å². The topological polar surface area (TPSA) is 90.5 Å². The Kier molecular flexibility index (Phi) is 8.42. The van der Waals surface area contributed by atoms with E-state index in [1.54, 1.807) is 4.90 Å². The summed E-state index contributed by atoms with van der Waals surface area (Å²) < 4.78 is 5.11. The molecule has 4 fully saturated rings. The molecule has 1 unspecified atom stereocenters. The molecule has 1 aromatic rings. The molecule has 3 saturated heterocycles. The van der Waals surface area contributed by atoms with Gasteiger partial charge in [0.25, 0.3) is 0 Å². The highest BCUT2D eigenvalue weighted by molar-refractivity contribution is 5.98. The van der Waals surface area contributed by atoms with Gasteiger partial charge in [0, 0.05) is 38.6 Å². The number of hydrogen-bond acceptors (Lipinski definition) is 6.